The van der Waals surface area contributed by atoms with Crippen LogP contribution in [0.25, 0.3) is 6.08 Å². The summed E-state index contributed by atoms with van der Waals surface area (Å²) in [4.78, 5) is 16.6. The predicted octanol–water partition coefficient (Wildman–Crippen LogP) is 4.87. The molecule has 0 spiro atoms. The van der Waals surface area contributed by atoms with Crippen LogP contribution < -0.4 is 9.47 Å². The summed E-state index contributed by atoms with van der Waals surface area (Å²) in [6, 6.07) is 12.6. The second-order valence-corrected chi connectivity index (χ2v) is 6.36. The van der Waals surface area contributed by atoms with Crippen molar-refractivity contribution < 1.29 is 19.0 Å². The summed E-state index contributed by atoms with van der Waals surface area (Å²) in [6.45, 7) is 2.72. The Morgan fingerprint density at radius 2 is 2.00 bits per heavy atom. The van der Waals surface area contributed by atoms with Gasteiger partial charge in [0.1, 0.15) is 11.5 Å². The Hall–Kier alpha value is -2.79. The number of carbonyl (C=O) groups is 1. The van der Waals surface area contributed by atoms with Crippen molar-refractivity contribution >= 4 is 29.5 Å². The molecule has 6 heteroatoms. The zero-order valence-corrected chi connectivity index (χ0v) is 16.0. The fourth-order valence-electron chi connectivity index (χ4n) is 2.58. The van der Waals surface area contributed by atoms with Gasteiger partial charge in [0.2, 0.25) is 5.90 Å². The van der Waals surface area contributed by atoms with Crippen LogP contribution in [0.15, 0.2) is 53.2 Å². The van der Waals surface area contributed by atoms with E-state index in [0.717, 1.165) is 18.4 Å². The van der Waals surface area contributed by atoms with Crippen LogP contribution in [-0.2, 0) is 9.53 Å². The van der Waals surface area contributed by atoms with Crippen molar-refractivity contribution in [2.45, 2.75) is 19.8 Å². The highest BCUT2D eigenvalue weighted by Crippen LogP contribution is 2.29. The Morgan fingerprint density at radius 1 is 1.19 bits per heavy atom. The van der Waals surface area contributed by atoms with Crippen LogP contribution in [0.2, 0.25) is 5.02 Å². The number of para-hydroxylation sites is 1. The molecule has 0 aromatic heterocycles. The van der Waals surface area contributed by atoms with Crippen LogP contribution in [0.3, 0.4) is 0 Å². The lowest BCUT2D eigenvalue weighted by Gasteiger charge is -2.08. The van der Waals surface area contributed by atoms with E-state index in [9.17, 15) is 4.79 Å². The SMILES string of the molecule is CCCCOc1ccccc1/C=C1/N=C(c2cc(Cl)ccc2OC)OC1=O. The van der Waals surface area contributed by atoms with Crippen molar-refractivity contribution in [3.8, 4) is 11.5 Å². The fraction of sp³-hybridized carbons (Fsp3) is 0.238. The summed E-state index contributed by atoms with van der Waals surface area (Å²) >= 11 is 6.05. The van der Waals surface area contributed by atoms with E-state index < -0.39 is 5.97 Å². The van der Waals surface area contributed by atoms with Gasteiger partial charge in [-0.2, -0.15) is 0 Å². The number of esters is 1. The highest BCUT2D eigenvalue weighted by molar-refractivity contribution is 6.31. The molecule has 0 saturated heterocycles. The highest BCUT2D eigenvalue weighted by Gasteiger charge is 2.26. The second kappa shape index (κ2) is 8.73. The number of cyclic esters (lactones) is 1. The van der Waals surface area contributed by atoms with Gasteiger partial charge in [0.25, 0.3) is 0 Å². The molecule has 0 unspecified atom stereocenters. The topological polar surface area (TPSA) is 57.1 Å². The van der Waals surface area contributed by atoms with Gasteiger partial charge in [-0.25, -0.2) is 9.79 Å². The first-order valence-electron chi connectivity index (χ1n) is 8.70. The van der Waals surface area contributed by atoms with Crippen molar-refractivity contribution in [1.29, 1.82) is 0 Å². The van der Waals surface area contributed by atoms with Gasteiger partial charge in [0.15, 0.2) is 5.70 Å². The minimum atomic E-state index is -0.532. The van der Waals surface area contributed by atoms with Gasteiger partial charge < -0.3 is 14.2 Å². The molecule has 1 heterocycles. The van der Waals surface area contributed by atoms with Crippen LogP contribution in [0.5, 0.6) is 11.5 Å². The number of benzene rings is 2. The van der Waals surface area contributed by atoms with Crippen molar-refractivity contribution in [2.75, 3.05) is 13.7 Å². The number of aliphatic imine (C=N–C) groups is 1. The normalized spacial score (nSPS) is 14.9. The Labute approximate surface area is 163 Å². The lowest BCUT2D eigenvalue weighted by molar-refractivity contribution is -0.129. The zero-order valence-electron chi connectivity index (χ0n) is 15.2. The number of methoxy groups -OCH3 is 1. The third-order valence-corrected chi connectivity index (χ3v) is 4.21. The van der Waals surface area contributed by atoms with E-state index in [1.165, 1.54) is 7.11 Å². The number of rotatable bonds is 7. The van der Waals surface area contributed by atoms with Crippen LogP contribution in [-0.4, -0.2) is 25.6 Å². The van der Waals surface area contributed by atoms with Gasteiger partial charge in [0, 0.05) is 10.6 Å². The molecule has 0 saturated carbocycles. The quantitative estimate of drug-likeness (QED) is 0.387. The zero-order chi connectivity index (χ0) is 19.2. The van der Waals surface area contributed by atoms with Gasteiger partial charge in [-0.15, -0.1) is 0 Å². The number of carbonyl (C=O) groups excluding carboxylic acids is 1. The van der Waals surface area contributed by atoms with E-state index in [2.05, 4.69) is 11.9 Å². The Balaban J connectivity index is 1.92. The predicted molar refractivity (Wildman–Crippen MR) is 105 cm³/mol. The first kappa shape index (κ1) is 19.0. The van der Waals surface area contributed by atoms with Gasteiger partial charge in [-0.1, -0.05) is 43.1 Å². The van der Waals surface area contributed by atoms with E-state index >= 15 is 0 Å². The molecule has 0 bridgehead atoms. The molecule has 5 nitrogen and oxygen atoms in total. The van der Waals surface area contributed by atoms with E-state index in [0.29, 0.717) is 28.7 Å². The largest absolute Gasteiger partial charge is 0.496 e. The minimum absolute atomic E-state index is 0.162. The van der Waals surface area contributed by atoms with Crippen LogP contribution >= 0.6 is 11.6 Å². The number of halogens is 1. The van der Waals surface area contributed by atoms with E-state index in [-0.39, 0.29) is 11.6 Å². The molecule has 0 atom stereocenters. The molecule has 0 fully saturated rings. The number of unbranched alkanes of at least 4 members (excludes halogenated alkanes) is 1. The van der Waals surface area contributed by atoms with Gasteiger partial charge in [0.05, 0.1) is 19.3 Å². The average molecular weight is 386 g/mol. The standard InChI is InChI=1S/C21H20ClNO4/c1-3-4-11-26-18-8-6-5-7-14(18)12-17-21(24)27-20(23-17)16-13-15(22)9-10-19(16)25-2/h5-10,12-13H,3-4,11H2,1-2H3/b17-12+. The van der Waals surface area contributed by atoms with E-state index in [1.807, 2.05) is 24.3 Å². The van der Waals surface area contributed by atoms with Crippen LogP contribution in [0.4, 0.5) is 0 Å². The number of hydrogen-bond acceptors (Lipinski definition) is 5. The molecule has 0 aliphatic carbocycles. The summed E-state index contributed by atoms with van der Waals surface area (Å²) in [7, 11) is 1.53. The Morgan fingerprint density at radius 3 is 2.78 bits per heavy atom. The molecule has 27 heavy (non-hydrogen) atoms. The summed E-state index contributed by atoms with van der Waals surface area (Å²) in [5, 5.41) is 0.497. The lowest BCUT2D eigenvalue weighted by atomic mass is 10.1. The number of hydrogen-bond donors (Lipinski definition) is 0. The summed E-state index contributed by atoms with van der Waals surface area (Å²) in [5.74, 6) is 0.858. The minimum Gasteiger partial charge on any atom is -0.496 e. The summed E-state index contributed by atoms with van der Waals surface area (Å²) in [5.41, 5.74) is 1.48. The van der Waals surface area contributed by atoms with E-state index in [1.54, 1.807) is 24.3 Å². The Bertz CT molecular complexity index is 905. The molecular formula is C21H20ClNO4. The first-order chi connectivity index (χ1) is 13.1. The van der Waals surface area contributed by atoms with Gasteiger partial charge >= 0.3 is 5.97 Å². The lowest BCUT2D eigenvalue weighted by Crippen LogP contribution is -2.07. The molecular weight excluding hydrogens is 366 g/mol. The molecule has 140 valence electrons. The molecule has 1 aliphatic rings. The smallest absolute Gasteiger partial charge is 0.363 e. The maximum Gasteiger partial charge on any atom is 0.363 e. The molecule has 2 aromatic rings. The van der Waals surface area contributed by atoms with Gasteiger partial charge in [-0.3, -0.25) is 0 Å². The van der Waals surface area contributed by atoms with Crippen molar-refractivity contribution in [3.05, 3.63) is 64.3 Å². The number of ether oxygens (including phenoxy) is 3. The van der Waals surface area contributed by atoms with Crippen molar-refractivity contribution in [3.63, 3.8) is 0 Å². The fourth-order valence-corrected chi connectivity index (χ4v) is 2.75. The Kier molecular flexibility index (Phi) is 6.14. The highest BCUT2D eigenvalue weighted by atomic mass is 35.5. The van der Waals surface area contributed by atoms with Crippen molar-refractivity contribution in [2.24, 2.45) is 4.99 Å². The van der Waals surface area contributed by atoms with Crippen molar-refractivity contribution in [1.82, 2.24) is 0 Å². The number of nitrogens with zero attached hydrogens (tertiary/aromatic N) is 1. The first-order valence-corrected chi connectivity index (χ1v) is 9.08. The second-order valence-electron chi connectivity index (χ2n) is 5.92. The van der Waals surface area contributed by atoms with Crippen LogP contribution in [0, 0.1) is 0 Å². The third kappa shape index (κ3) is 4.49. The molecule has 0 amide bonds. The third-order valence-electron chi connectivity index (χ3n) is 3.98. The molecule has 2 aromatic carbocycles. The monoisotopic (exact) mass is 385 g/mol. The molecule has 3 rings (SSSR count). The van der Waals surface area contributed by atoms with Gasteiger partial charge in [-0.05, 0) is 36.8 Å². The van der Waals surface area contributed by atoms with E-state index in [4.69, 9.17) is 25.8 Å². The molecule has 0 radical (unpaired) electrons. The molecule has 1 aliphatic heterocycles. The summed E-state index contributed by atoms with van der Waals surface area (Å²) < 4.78 is 16.4. The maximum absolute atomic E-state index is 12.3. The molecule has 0 N–H and O–H groups in total. The maximum atomic E-state index is 12.3. The summed E-state index contributed by atoms with van der Waals surface area (Å²) in [6.07, 6.45) is 3.67. The average Bonchev–Trinajstić information content (AvgIpc) is 3.03. The van der Waals surface area contributed by atoms with Crippen LogP contribution in [0.1, 0.15) is 30.9 Å².